The van der Waals surface area contributed by atoms with Crippen LogP contribution in [0.5, 0.6) is 0 Å². The molecule has 17 heavy (non-hydrogen) atoms. The quantitative estimate of drug-likeness (QED) is 0.639. The van der Waals surface area contributed by atoms with Gasteiger partial charge in [-0.05, 0) is 65.6 Å². The van der Waals surface area contributed by atoms with E-state index in [1.807, 2.05) is 12.1 Å². The van der Waals surface area contributed by atoms with Crippen LogP contribution in [0.15, 0.2) is 24.3 Å². The summed E-state index contributed by atoms with van der Waals surface area (Å²) >= 11 is 7.19. The average molecular weight is 360 g/mol. The minimum atomic E-state index is -0.156. The Balaban J connectivity index is 2.04. The fourth-order valence-electron chi connectivity index (χ4n) is 1.68. The topological polar surface area (TPSA) is 55.1 Å². The molecule has 90 valence electrons. The van der Waals surface area contributed by atoms with Crippen LogP contribution in [0.3, 0.4) is 0 Å². The molecule has 1 aliphatic carbocycles. The van der Waals surface area contributed by atoms with Gasteiger partial charge in [0.15, 0.2) is 0 Å². The highest BCUT2D eigenvalue weighted by Gasteiger charge is 2.34. The maximum absolute atomic E-state index is 12.0. The lowest BCUT2D eigenvalue weighted by atomic mass is 10.1. The van der Waals surface area contributed by atoms with E-state index < -0.39 is 0 Å². The summed E-state index contributed by atoms with van der Waals surface area (Å²) in [4.78, 5) is 12.4. The highest BCUT2D eigenvalue weighted by Crippen LogP contribution is 2.32. The molecule has 0 heterocycles. The highest BCUT2D eigenvalue weighted by atomic mass is 127. The number of nitrogens with one attached hydrogen (secondary N) is 1. The van der Waals surface area contributed by atoms with Gasteiger partial charge in [0.1, 0.15) is 0 Å². The number of hydrogen-bond donors (Lipinski definition) is 2. The van der Waals surface area contributed by atoms with Gasteiger partial charge in [-0.25, -0.2) is 0 Å². The second-order valence-electron chi connectivity index (χ2n) is 4.20. The predicted octanol–water partition coefficient (Wildman–Crippen LogP) is 2.09. The molecule has 1 atom stereocenters. The third-order valence-corrected chi connectivity index (χ3v) is 3.77. The van der Waals surface area contributed by atoms with Crippen LogP contribution in [-0.4, -0.2) is 16.9 Å². The van der Waals surface area contributed by atoms with E-state index in [9.17, 15) is 4.79 Å². The molecule has 0 aromatic heterocycles. The van der Waals surface area contributed by atoms with Crippen LogP contribution in [0.25, 0.3) is 0 Å². The van der Waals surface area contributed by atoms with Crippen LogP contribution in [-0.2, 0) is 0 Å². The van der Waals surface area contributed by atoms with E-state index in [1.165, 1.54) is 0 Å². The Morgan fingerprint density at radius 2 is 2.00 bits per heavy atom. The van der Waals surface area contributed by atoms with E-state index in [-0.39, 0.29) is 11.9 Å². The second kappa shape index (κ2) is 5.30. The summed E-state index contributed by atoms with van der Waals surface area (Å²) in [5, 5.41) is 2.91. The molecule has 1 aromatic carbocycles. The summed E-state index contributed by atoms with van der Waals surface area (Å²) < 4.78 is 1.10. The maximum Gasteiger partial charge on any atom is 0.251 e. The van der Waals surface area contributed by atoms with Crippen molar-refractivity contribution in [3.63, 3.8) is 0 Å². The first kappa shape index (κ1) is 12.8. The Kier molecular flexibility index (Phi) is 3.98. The van der Waals surface area contributed by atoms with Gasteiger partial charge in [-0.1, -0.05) is 12.2 Å². The molecule has 1 aliphatic rings. The van der Waals surface area contributed by atoms with Gasteiger partial charge < -0.3 is 11.1 Å². The van der Waals surface area contributed by atoms with Gasteiger partial charge in [0.2, 0.25) is 0 Å². The number of hydrogen-bond acceptors (Lipinski definition) is 2. The zero-order valence-electron chi connectivity index (χ0n) is 9.15. The van der Waals surface area contributed by atoms with Crippen molar-refractivity contribution in [2.24, 2.45) is 11.7 Å². The van der Waals surface area contributed by atoms with E-state index in [2.05, 4.69) is 27.9 Å². The first-order chi connectivity index (χ1) is 8.08. The maximum atomic E-state index is 12.0. The van der Waals surface area contributed by atoms with Crippen LogP contribution < -0.4 is 11.1 Å². The first-order valence-electron chi connectivity index (χ1n) is 5.43. The van der Waals surface area contributed by atoms with Gasteiger partial charge in [-0.2, -0.15) is 0 Å². The fraction of sp³-hybridized carbons (Fsp3) is 0.333. The van der Waals surface area contributed by atoms with Crippen molar-refractivity contribution in [1.29, 1.82) is 0 Å². The molecule has 5 heteroatoms. The van der Waals surface area contributed by atoms with Gasteiger partial charge in [0, 0.05) is 9.13 Å². The zero-order valence-corrected chi connectivity index (χ0v) is 12.1. The van der Waals surface area contributed by atoms with Crippen LogP contribution in [0.2, 0.25) is 0 Å². The zero-order chi connectivity index (χ0) is 12.4. The van der Waals surface area contributed by atoms with Crippen LogP contribution >= 0.6 is 34.8 Å². The summed E-state index contributed by atoms with van der Waals surface area (Å²) in [6, 6.07) is 7.27. The van der Waals surface area contributed by atoms with Gasteiger partial charge in [0.25, 0.3) is 5.91 Å². The number of thiocarbonyl (C=S) groups is 1. The lowest BCUT2D eigenvalue weighted by Gasteiger charge is -2.16. The van der Waals surface area contributed by atoms with E-state index in [0.29, 0.717) is 16.5 Å². The van der Waals surface area contributed by atoms with E-state index >= 15 is 0 Å². The molecule has 1 amide bonds. The van der Waals surface area contributed by atoms with Crippen molar-refractivity contribution in [3.8, 4) is 0 Å². The third-order valence-electron chi connectivity index (χ3n) is 2.79. The molecule has 0 saturated heterocycles. The fourth-order valence-corrected chi connectivity index (χ4v) is 2.29. The van der Waals surface area contributed by atoms with Crippen molar-refractivity contribution in [2.45, 2.75) is 18.9 Å². The molecule has 3 nitrogen and oxygen atoms in total. The van der Waals surface area contributed by atoms with E-state index in [4.69, 9.17) is 18.0 Å². The molecule has 1 unspecified atom stereocenters. The van der Waals surface area contributed by atoms with E-state index in [0.717, 1.165) is 16.4 Å². The largest absolute Gasteiger partial charge is 0.392 e. The van der Waals surface area contributed by atoms with Gasteiger partial charge >= 0.3 is 0 Å². The Bertz CT molecular complexity index is 442. The molecular formula is C12H13IN2OS. The lowest BCUT2D eigenvalue weighted by Crippen LogP contribution is -2.45. The molecule has 1 saturated carbocycles. The molecule has 0 spiro atoms. The van der Waals surface area contributed by atoms with Crippen molar-refractivity contribution in [1.82, 2.24) is 5.32 Å². The predicted molar refractivity (Wildman–Crippen MR) is 79.9 cm³/mol. The lowest BCUT2D eigenvalue weighted by molar-refractivity contribution is 0.0944. The van der Waals surface area contributed by atoms with Crippen molar-refractivity contribution >= 4 is 45.7 Å². The normalized spacial score (nSPS) is 16.3. The second-order valence-corrected chi connectivity index (χ2v) is 5.91. The van der Waals surface area contributed by atoms with Crippen LogP contribution in [0, 0.1) is 9.49 Å². The summed E-state index contributed by atoms with van der Waals surface area (Å²) in [5.74, 6) is 0.325. The minimum Gasteiger partial charge on any atom is -0.392 e. The Morgan fingerprint density at radius 1 is 1.41 bits per heavy atom. The number of halogens is 1. The molecule has 2 rings (SSSR count). The Morgan fingerprint density at radius 3 is 2.47 bits per heavy atom. The number of benzene rings is 1. The van der Waals surface area contributed by atoms with Crippen LogP contribution in [0.4, 0.5) is 0 Å². The molecule has 0 bridgehead atoms. The molecule has 0 radical (unpaired) electrons. The monoisotopic (exact) mass is 360 g/mol. The van der Waals surface area contributed by atoms with Gasteiger partial charge in [0.05, 0.1) is 11.0 Å². The van der Waals surface area contributed by atoms with Gasteiger partial charge in [-0.15, -0.1) is 0 Å². The standard InChI is InChI=1S/C12H13IN2OS/c13-9-5-3-8(4-6-9)12(16)15-10(11(14)17)7-1-2-7/h3-7,10H,1-2H2,(H2,14,17)(H,15,16). The van der Waals surface area contributed by atoms with Crippen LogP contribution in [0.1, 0.15) is 23.2 Å². The summed E-state index contributed by atoms with van der Waals surface area (Å²) in [6.07, 6.45) is 2.18. The van der Waals surface area contributed by atoms with E-state index in [1.54, 1.807) is 12.1 Å². The van der Waals surface area contributed by atoms with Crippen molar-refractivity contribution in [2.75, 3.05) is 0 Å². The Labute approximate surface area is 119 Å². The number of nitrogens with two attached hydrogens (primary N) is 1. The molecule has 1 fully saturated rings. The minimum absolute atomic E-state index is 0.105. The molecule has 3 N–H and O–H groups in total. The molecular weight excluding hydrogens is 347 g/mol. The summed E-state index contributed by atoms with van der Waals surface area (Å²) in [7, 11) is 0. The number of amides is 1. The number of carbonyl (C=O) groups excluding carboxylic acids is 1. The van der Waals surface area contributed by atoms with Crippen molar-refractivity contribution in [3.05, 3.63) is 33.4 Å². The number of carbonyl (C=O) groups is 1. The molecule has 0 aliphatic heterocycles. The third kappa shape index (κ3) is 3.38. The van der Waals surface area contributed by atoms with Gasteiger partial charge in [-0.3, -0.25) is 4.79 Å². The summed E-state index contributed by atoms with van der Waals surface area (Å²) in [6.45, 7) is 0. The Hall–Kier alpha value is -0.690. The smallest absolute Gasteiger partial charge is 0.251 e. The average Bonchev–Trinajstić information content (AvgIpc) is 3.10. The SMILES string of the molecule is NC(=S)C(NC(=O)c1ccc(I)cc1)C1CC1. The first-order valence-corrected chi connectivity index (χ1v) is 6.92. The number of rotatable bonds is 4. The summed E-state index contributed by atoms with van der Waals surface area (Å²) in [5.41, 5.74) is 6.29. The van der Waals surface area contributed by atoms with Crippen molar-refractivity contribution < 1.29 is 4.79 Å². The highest BCUT2D eigenvalue weighted by molar-refractivity contribution is 14.1. The molecule has 1 aromatic rings.